The summed E-state index contributed by atoms with van der Waals surface area (Å²) in [6.07, 6.45) is 0. The van der Waals surface area contributed by atoms with Crippen LogP contribution in [0.4, 0.5) is 0 Å². The normalized spacial score (nSPS) is 13.8. The van der Waals surface area contributed by atoms with Crippen LogP contribution in [0.15, 0.2) is 102 Å². The second kappa shape index (κ2) is 11.9. The van der Waals surface area contributed by atoms with Crippen LogP contribution in [-0.2, 0) is 11.3 Å². The van der Waals surface area contributed by atoms with Crippen molar-refractivity contribution in [3.63, 3.8) is 0 Å². The van der Waals surface area contributed by atoms with Gasteiger partial charge in [0.15, 0.2) is 0 Å². The largest absolute Gasteiger partial charge is 0.489 e. The fourth-order valence-corrected chi connectivity index (χ4v) is 4.50. The van der Waals surface area contributed by atoms with E-state index in [1.54, 1.807) is 78.9 Å². The lowest BCUT2D eigenvalue weighted by Crippen LogP contribution is -2.21. The third-order valence-corrected chi connectivity index (χ3v) is 6.73. The molecule has 0 spiro atoms. The Morgan fingerprint density at radius 2 is 1.54 bits per heavy atom. The molecule has 8 nitrogen and oxygen atoms in total. The average molecular weight is 567 g/mol. The molecule has 1 aliphatic heterocycles. The predicted octanol–water partition coefficient (Wildman–Crippen LogP) is 6.14. The number of benzene rings is 4. The van der Waals surface area contributed by atoms with Gasteiger partial charge in [0.1, 0.15) is 35.5 Å². The summed E-state index contributed by atoms with van der Waals surface area (Å²) >= 11 is 5.91. The van der Waals surface area contributed by atoms with Gasteiger partial charge in [0.2, 0.25) is 5.88 Å². The number of carbonyl (C=O) groups excluding carboxylic acids is 2. The number of esters is 2. The number of rotatable bonds is 7. The molecular formula is C32H23ClN2O6. The first-order chi connectivity index (χ1) is 19.9. The summed E-state index contributed by atoms with van der Waals surface area (Å²) in [5, 5.41) is 10.4. The van der Waals surface area contributed by atoms with Crippen LogP contribution in [0.3, 0.4) is 0 Å². The number of hydrogen-bond acceptors (Lipinski definition) is 8. The molecule has 1 heterocycles. The Labute approximate surface area is 241 Å². The second-order valence-corrected chi connectivity index (χ2v) is 9.50. The fourth-order valence-electron chi connectivity index (χ4n) is 4.37. The number of nitrogens with zero attached hydrogens (tertiary/aromatic N) is 1. The molecule has 5 rings (SSSR count). The Kier molecular flexibility index (Phi) is 7.90. The van der Waals surface area contributed by atoms with Gasteiger partial charge >= 0.3 is 11.9 Å². The van der Waals surface area contributed by atoms with Crippen molar-refractivity contribution in [1.82, 2.24) is 0 Å². The molecule has 9 heteroatoms. The van der Waals surface area contributed by atoms with Crippen molar-refractivity contribution in [2.45, 2.75) is 12.5 Å². The zero-order valence-corrected chi connectivity index (χ0v) is 22.6. The number of methoxy groups -OCH3 is 1. The van der Waals surface area contributed by atoms with E-state index in [1.807, 2.05) is 12.1 Å². The third-order valence-electron chi connectivity index (χ3n) is 6.47. The zero-order chi connectivity index (χ0) is 28.9. The van der Waals surface area contributed by atoms with Gasteiger partial charge in [0, 0.05) is 16.7 Å². The van der Waals surface area contributed by atoms with E-state index in [4.69, 9.17) is 36.3 Å². The maximum atomic E-state index is 12.8. The van der Waals surface area contributed by atoms with Gasteiger partial charge in [-0.3, -0.25) is 0 Å². The first-order valence-electron chi connectivity index (χ1n) is 12.5. The number of ether oxygens (including phenoxy) is 4. The van der Waals surface area contributed by atoms with Gasteiger partial charge in [-0.2, -0.15) is 5.26 Å². The summed E-state index contributed by atoms with van der Waals surface area (Å²) < 4.78 is 21.8. The van der Waals surface area contributed by atoms with Gasteiger partial charge in [-0.25, -0.2) is 9.59 Å². The summed E-state index contributed by atoms with van der Waals surface area (Å²) in [6, 6.07) is 27.6. The maximum absolute atomic E-state index is 12.8. The second-order valence-electron chi connectivity index (χ2n) is 9.07. The number of hydrogen-bond donors (Lipinski definition) is 1. The van der Waals surface area contributed by atoms with Crippen LogP contribution in [0.2, 0.25) is 5.02 Å². The number of carbonyl (C=O) groups is 2. The molecule has 41 heavy (non-hydrogen) atoms. The highest BCUT2D eigenvalue weighted by atomic mass is 35.5. The molecule has 204 valence electrons. The number of nitrogens with two attached hydrogens (primary N) is 1. The maximum Gasteiger partial charge on any atom is 0.343 e. The van der Waals surface area contributed by atoms with E-state index in [2.05, 4.69) is 6.07 Å². The topological polar surface area (TPSA) is 121 Å². The van der Waals surface area contributed by atoms with E-state index < -0.39 is 17.9 Å². The Hall–Kier alpha value is -5.26. The Balaban J connectivity index is 1.31. The number of allylic oxidation sites excluding steroid dienone is 1. The summed E-state index contributed by atoms with van der Waals surface area (Å²) in [4.78, 5) is 24.7. The average Bonchev–Trinajstić information content (AvgIpc) is 3.00. The van der Waals surface area contributed by atoms with E-state index in [0.717, 1.165) is 11.1 Å². The minimum absolute atomic E-state index is 0.0558. The number of fused-ring (bicyclic) bond motifs is 1. The van der Waals surface area contributed by atoms with Crippen LogP contribution in [0.25, 0.3) is 0 Å². The third kappa shape index (κ3) is 6.01. The molecule has 1 aliphatic rings. The lowest BCUT2D eigenvalue weighted by atomic mass is 9.83. The predicted molar refractivity (Wildman–Crippen MR) is 151 cm³/mol. The first-order valence-corrected chi connectivity index (χ1v) is 12.8. The van der Waals surface area contributed by atoms with Crippen LogP contribution in [0.5, 0.6) is 17.2 Å². The zero-order valence-electron chi connectivity index (χ0n) is 21.8. The van der Waals surface area contributed by atoms with Crippen molar-refractivity contribution in [2.24, 2.45) is 5.73 Å². The Bertz CT molecular complexity index is 1670. The molecular weight excluding hydrogens is 544 g/mol. The van der Waals surface area contributed by atoms with Gasteiger partial charge < -0.3 is 24.7 Å². The molecule has 0 saturated carbocycles. The minimum Gasteiger partial charge on any atom is -0.489 e. The summed E-state index contributed by atoms with van der Waals surface area (Å²) in [7, 11) is 1.31. The molecule has 2 N–H and O–H groups in total. The number of nitriles is 1. The van der Waals surface area contributed by atoms with Gasteiger partial charge in [-0.1, -0.05) is 41.9 Å². The lowest BCUT2D eigenvalue weighted by Gasteiger charge is -2.26. The molecule has 1 atom stereocenters. The Morgan fingerprint density at radius 3 is 2.20 bits per heavy atom. The molecule has 4 aromatic rings. The SMILES string of the molecule is COC(=O)c1ccc(C2C(C#N)=C(N)Oc3cc(OC(=O)c4ccc(OCc5ccc(Cl)cc5)cc4)ccc32)cc1. The molecule has 0 amide bonds. The molecule has 0 fully saturated rings. The quantitative estimate of drug-likeness (QED) is 0.209. The van der Waals surface area contributed by atoms with E-state index >= 15 is 0 Å². The van der Waals surface area contributed by atoms with Crippen LogP contribution >= 0.6 is 11.6 Å². The van der Waals surface area contributed by atoms with Gasteiger partial charge in [0.05, 0.1) is 24.2 Å². The van der Waals surface area contributed by atoms with E-state index in [9.17, 15) is 14.9 Å². The van der Waals surface area contributed by atoms with Crippen molar-refractivity contribution in [2.75, 3.05) is 7.11 Å². The molecule has 0 aromatic heterocycles. The minimum atomic E-state index is -0.568. The standard InChI is InChI=1S/C32H23ClN2O6/c1-38-31(36)21-6-4-20(5-7-21)29-26-15-14-25(16-28(26)41-30(35)27(29)17-34)40-32(37)22-8-12-24(13-9-22)39-18-19-2-10-23(33)11-3-19/h2-16,29H,18,35H2,1H3. The van der Waals surface area contributed by atoms with Crippen molar-refractivity contribution >= 4 is 23.5 Å². The van der Waals surface area contributed by atoms with Crippen molar-refractivity contribution < 1.29 is 28.5 Å². The van der Waals surface area contributed by atoms with E-state index in [0.29, 0.717) is 39.8 Å². The van der Waals surface area contributed by atoms with Crippen LogP contribution in [0, 0.1) is 11.3 Å². The molecule has 0 radical (unpaired) electrons. The van der Waals surface area contributed by atoms with Crippen molar-refractivity contribution in [3.05, 3.63) is 135 Å². The van der Waals surface area contributed by atoms with Crippen LogP contribution < -0.4 is 19.9 Å². The highest BCUT2D eigenvalue weighted by Gasteiger charge is 2.31. The molecule has 4 aromatic carbocycles. The summed E-state index contributed by atoms with van der Waals surface area (Å²) in [6.45, 7) is 0.359. The van der Waals surface area contributed by atoms with Gasteiger partial charge in [-0.15, -0.1) is 0 Å². The van der Waals surface area contributed by atoms with E-state index in [-0.39, 0.29) is 17.2 Å². The lowest BCUT2D eigenvalue weighted by molar-refractivity contribution is 0.0600. The first kappa shape index (κ1) is 27.3. The van der Waals surface area contributed by atoms with Gasteiger partial charge in [-0.05, 0) is 65.7 Å². The number of halogens is 1. The summed E-state index contributed by atoms with van der Waals surface area (Å²) in [5.74, 6) is -0.447. The highest BCUT2D eigenvalue weighted by Crippen LogP contribution is 2.43. The van der Waals surface area contributed by atoms with Crippen molar-refractivity contribution in [3.8, 4) is 23.3 Å². The Morgan fingerprint density at radius 1 is 0.902 bits per heavy atom. The summed E-state index contributed by atoms with van der Waals surface area (Å²) in [5.41, 5.74) is 9.37. The fraction of sp³-hybridized carbons (Fsp3) is 0.0938. The van der Waals surface area contributed by atoms with Crippen LogP contribution in [0.1, 0.15) is 43.3 Å². The van der Waals surface area contributed by atoms with Crippen molar-refractivity contribution in [1.29, 1.82) is 5.26 Å². The molecule has 0 aliphatic carbocycles. The van der Waals surface area contributed by atoms with Gasteiger partial charge in [0.25, 0.3) is 0 Å². The molecule has 1 unspecified atom stereocenters. The smallest absolute Gasteiger partial charge is 0.343 e. The molecule has 0 saturated heterocycles. The molecule has 0 bridgehead atoms. The van der Waals surface area contributed by atoms with Crippen LogP contribution in [-0.4, -0.2) is 19.0 Å². The monoisotopic (exact) mass is 566 g/mol. The highest BCUT2D eigenvalue weighted by molar-refractivity contribution is 6.30. The van der Waals surface area contributed by atoms with E-state index in [1.165, 1.54) is 7.11 Å².